The molecule has 0 atom stereocenters. The van der Waals surface area contributed by atoms with Crippen molar-refractivity contribution in [3.63, 3.8) is 0 Å². The molecule has 0 unspecified atom stereocenters. The van der Waals surface area contributed by atoms with Gasteiger partial charge in [-0.3, -0.25) is 4.98 Å². The lowest BCUT2D eigenvalue weighted by molar-refractivity contribution is 0.0697. The van der Waals surface area contributed by atoms with Gasteiger partial charge in [0.25, 0.3) is 0 Å². The summed E-state index contributed by atoms with van der Waals surface area (Å²) in [6, 6.07) is 1.97. The van der Waals surface area contributed by atoms with E-state index < -0.39 is 5.97 Å². The van der Waals surface area contributed by atoms with E-state index in [-0.39, 0.29) is 0 Å². The summed E-state index contributed by atoms with van der Waals surface area (Å²) < 4.78 is 0. The van der Waals surface area contributed by atoms with Gasteiger partial charge >= 0.3 is 5.97 Å². The fourth-order valence-electron chi connectivity index (χ4n) is 2.54. The number of carboxylic acids is 1. The van der Waals surface area contributed by atoms with Crippen LogP contribution in [0.3, 0.4) is 0 Å². The minimum Gasteiger partial charge on any atom is -0.478 e. The molecule has 0 radical (unpaired) electrons. The summed E-state index contributed by atoms with van der Waals surface area (Å²) in [7, 11) is 0. The monoisotopic (exact) mass is 249 g/mol. The SMILES string of the molecule is CCN(c1cnccc1C(=O)O)C1CCNCC1. The molecular weight excluding hydrogens is 230 g/mol. The zero-order valence-corrected chi connectivity index (χ0v) is 10.6. The van der Waals surface area contributed by atoms with Gasteiger partial charge in [-0.25, -0.2) is 4.79 Å². The van der Waals surface area contributed by atoms with E-state index in [0.717, 1.165) is 38.2 Å². The van der Waals surface area contributed by atoms with Gasteiger partial charge in [-0.15, -0.1) is 0 Å². The standard InChI is InChI=1S/C13H19N3O2/c1-2-16(10-3-6-14-7-4-10)12-9-15-8-5-11(12)13(17)18/h5,8-10,14H,2-4,6-7H2,1H3,(H,17,18). The Bertz CT molecular complexity index is 416. The second-order valence-corrected chi connectivity index (χ2v) is 4.47. The Morgan fingerprint density at radius 2 is 2.28 bits per heavy atom. The molecule has 2 rings (SSSR count). The van der Waals surface area contributed by atoms with E-state index in [1.54, 1.807) is 12.3 Å². The van der Waals surface area contributed by atoms with Crippen molar-refractivity contribution < 1.29 is 9.90 Å². The summed E-state index contributed by atoms with van der Waals surface area (Å²) in [6.45, 7) is 4.84. The molecule has 0 spiro atoms. The maximum Gasteiger partial charge on any atom is 0.337 e. The van der Waals surface area contributed by atoms with Gasteiger partial charge in [-0.1, -0.05) is 0 Å². The first-order valence-electron chi connectivity index (χ1n) is 6.38. The van der Waals surface area contributed by atoms with Crippen molar-refractivity contribution >= 4 is 11.7 Å². The summed E-state index contributed by atoms with van der Waals surface area (Å²) >= 11 is 0. The molecule has 1 saturated heterocycles. The number of nitrogens with one attached hydrogen (secondary N) is 1. The topological polar surface area (TPSA) is 65.5 Å². The maximum absolute atomic E-state index is 11.3. The average molecular weight is 249 g/mol. The van der Waals surface area contributed by atoms with Crippen LogP contribution in [-0.2, 0) is 0 Å². The molecule has 2 heterocycles. The molecule has 0 bridgehead atoms. The summed E-state index contributed by atoms with van der Waals surface area (Å²) in [5.74, 6) is -0.889. The molecule has 2 N–H and O–H groups in total. The normalized spacial score (nSPS) is 16.5. The Morgan fingerprint density at radius 1 is 1.56 bits per heavy atom. The van der Waals surface area contributed by atoms with Gasteiger partial charge < -0.3 is 15.3 Å². The molecule has 1 aliphatic rings. The van der Waals surface area contributed by atoms with E-state index in [9.17, 15) is 9.90 Å². The third-order valence-corrected chi connectivity index (χ3v) is 3.43. The van der Waals surface area contributed by atoms with Gasteiger partial charge in [0.05, 0.1) is 17.4 Å². The number of carbonyl (C=O) groups is 1. The Balaban J connectivity index is 2.28. The van der Waals surface area contributed by atoms with Crippen LogP contribution in [0, 0.1) is 0 Å². The summed E-state index contributed by atoms with van der Waals surface area (Å²) in [4.78, 5) is 17.5. The molecule has 1 aliphatic heterocycles. The molecule has 5 heteroatoms. The fourth-order valence-corrected chi connectivity index (χ4v) is 2.54. The van der Waals surface area contributed by atoms with E-state index in [1.807, 2.05) is 0 Å². The molecule has 1 aromatic rings. The molecule has 1 fully saturated rings. The van der Waals surface area contributed by atoms with Crippen molar-refractivity contribution in [3.8, 4) is 0 Å². The van der Waals surface area contributed by atoms with E-state index in [4.69, 9.17) is 0 Å². The van der Waals surface area contributed by atoms with Crippen LogP contribution in [0.25, 0.3) is 0 Å². The van der Waals surface area contributed by atoms with Gasteiger partial charge in [0.2, 0.25) is 0 Å². The average Bonchev–Trinajstić information content (AvgIpc) is 2.41. The Morgan fingerprint density at radius 3 is 2.89 bits per heavy atom. The number of anilines is 1. The first-order chi connectivity index (χ1) is 8.74. The van der Waals surface area contributed by atoms with Crippen molar-refractivity contribution in [2.45, 2.75) is 25.8 Å². The van der Waals surface area contributed by atoms with Crippen molar-refractivity contribution in [1.82, 2.24) is 10.3 Å². The second-order valence-electron chi connectivity index (χ2n) is 4.47. The van der Waals surface area contributed by atoms with Crippen LogP contribution < -0.4 is 10.2 Å². The van der Waals surface area contributed by atoms with Gasteiger partial charge in [-0.2, -0.15) is 0 Å². The second kappa shape index (κ2) is 5.82. The largest absolute Gasteiger partial charge is 0.478 e. The maximum atomic E-state index is 11.3. The number of carboxylic acid groups (broad SMARTS) is 1. The predicted molar refractivity (Wildman–Crippen MR) is 70.1 cm³/mol. The number of rotatable bonds is 4. The third-order valence-electron chi connectivity index (χ3n) is 3.43. The summed E-state index contributed by atoms with van der Waals surface area (Å²) in [5, 5.41) is 12.6. The highest BCUT2D eigenvalue weighted by atomic mass is 16.4. The summed E-state index contributed by atoms with van der Waals surface area (Å²) in [6.07, 6.45) is 5.28. The van der Waals surface area contributed by atoms with Gasteiger partial charge in [-0.05, 0) is 38.9 Å². The number of pyridine rings is 1. The molecule has 0 aliphatic carbocycles. The van der Waals surface area contributed by atoms with Gasteiger partial charge in [0.1, 0.15) is 0 Å². The van der Waals surface area contributed by atoms with Crippen LogP contribution in [0.15, 0.2) is 18.5 Å². The minimum atomic E-state index is -0.889. The van der Waals surface area contributed by atoms with Gasteiger partial charge in [0.15, 0.2) is 0 Å². The molecule has 18 heavy (non-hydrogen) atoms. The van der Waals surface area contributed by atoms with Crippen LogP contribution in [0.5, 0.6) is 0 Å². The number of hydrogen-bond acceptors (Lipinski definition) is 4. The number of aromatic nitrogens is 1. The molecular formula is C13H19N3O2. The lowest BCUT2D eigenvalue weighted by Crippen LogP contribution is -2.43. The van der Waals surface area contributed by atoms with E-state index in [0.29, 0.717) is 11.6 Å². The first-order valence-corrected chi connectivity index (χ1v) is 6.38. The number of hydrogen-bond donors (Lipinski definition) is 2. The van der Waals surface area contributed by atoms with E-state index in [1.165, 1.54) is 6.20 Å². The zero-order chi connectivity index (χ0) is 13.0. The Kier molecular flexibility index (Phi) is 4.15. The zero-order valence-electron chi connectivity index (χ0n) is 10.6. The Hall–Kier alpha value is -1.62. The van der Waals surface area contributed by atoms with E-state index >= 15 is 0 Å². The van der Waals surface area contributed by atoms with Crippen LogP contribution in [0.1, 0.15) is 30.1 Å². The van der Waals surface area contributed by atoms with Crippen molar-refractivity contribution in [2.24, 2.45) is 0 Å². The third kappa shape index (κ3) is 2.61. The van der Waals surface area contributed by atoms with Crippen LogP contribution in [-0.4, -0.2) is 41.7 Å². The van der Waals surface area contributed by atoms with Crippen molar-refractivity contribution in [1.29, 1.82) is 0 Å². The van der Waals surface area contributed by atoms with Crippen molar-refractivity contribution in [2.75, 3.05) is 24.5 Å². The Labute approximate surface area is 107 Å². The molecule has 5 nitrogen and oxygen atoms in total. The smallest absolute Gasteiger partial charge is 0.337 e. The van der Waals surface area contributed by atoms with E-state index in [2.05, 4.69) is 22.1 Å². The summed E-state index contributed by atoms with van der Waals surface area (Å²) in [5.41, 5.74) is 1.07. The number of aromatic carboxylic acids is 1. The fraction of sp³-hybridized carbons (Fsp3) is 0.538. The highest BCUT2D eigenvalue weighted by Gasteiger charge is 2.23. The van der Waals surface area contributed by atoms with Crippen LogP contribution >= 0.6 is 0 Å². The lowest BCUT2D eigenvalue weighted by Gasteiger charge is -2.36. The number of nitrogens with zero attached hydrogens (tertiary/aromatic N) is 2. The van der Waals surface area contributed by atoms with Crippen LogP contribution in [0.2, 0.25) is 0 Å². The van der Waals surface area contributed by atoms with Crippen molar-refractivity contribution in [3.05, 3.63) is 24.0 Å². The molecule has 0 amide bonds. The molecule has 1 aromatic heterocycles. The number of piperidine rings is 1. The van der Waals surface area contributed by atoms with Gasteiger partial charge in [0, 0.05) is 18.8 Å². The van der Waals surface area contributed by atoms with Crippen LogP contribution in [0.4, 0.5) is 5.69 Å². The quantitative estimate of drug-likeness (QED) is 0.843. The highest BCUT2D eigenvalue weighted by Crippen LogP contribution is 2.24. The molecule has 98 valence electrons. The predicted octanol–water partition coefficient (Wildman–Crippen LogP) is 1.36. The highest BCUT2D eigenvalue weighted by molar-refractivity contribution is 5.94. The lowest BCUT2D eigenvalue weighted by atomic mass is 10.0. The molecule has 0 saturated carbocycles. The minimum absolute atomic E-state index is 0.338. The molecule has 0 aromatic carbocycles. The first kappa shape index (κ1) is 12.8.